The Morgan fingerprint density at radius 3 is 2.50 bits per heavy atom. The van der Waals surface area contributed by atoms with Crippen LogP contribution in [0.25, 0.3) is 0 Å². The predicted molar refractivity (Wildman–Crippen MR) is 119 cm³/mol. The van der Waals surface area contributed by atoms with E-state index >= 15 is 0 Å². The van der Waals surface area contributed by atoms with Crippen LogP contribution in [0, 0.1) is 12.8 Å². The standard InChI is InChI=1S/C24H34N4O2/c1-17(2)15-27(24(30)25-18(3)4)16-22(29)28-14-13-26-12-8-11-21(26)23(28)20-10-7-6-9-19(20)5/h6-12,17-18,23H,13-16H2,1-5H3,(H,25,30)/t23-/m1/s1. The number of fused-ring (bicyclic) bond motifs is 1. The summed E-state index contributed by atoms with van der Waals surface area (Å²) in [7, 11) is 0. The van der Waals surface area contributed by atoms with Crippen LogP contribution in [0.15, 0.2) is 42.6 Å². The first kappa shape index (κ1) is 21.9. The van der Waals surface area contributed by atoms with E-state index in [2.05, 4.69) is 55.1 Å². The van der Waals surface area contributed by atoms with Crippen molar-refractivity contribution < 1.29 is 9.59 Å². The molecule has 0 bridgehead atoms. The number of carbonyl (C=O) groups is 2. The molecule has 0 radical (unpaired) electrons. The minimum absolute atomic E-state index is 0.0183. The Morgan fingerprint density at radius 2 is 1.83 bits per heavy atom. The van der Waals surface area contributed by atoms with E-state index in [4.69, 9.17) is 0 Å². The van der Waals surface area contributed by atoms with Crippen LogP contribution in [0.4, 0.5) is 4.79 Å². The summed E-state index contributed by atoms with van der Waals surface area (Å²) in [6, 6.07) is 12.1. The molecule has 0 spiro atoms. The summed E-state index contributed by atoms with van der Waals surface area (Å²) in [5.74, 6) is 0.261. The summed E-state index contributed by atoms with van der Waals surface area (Å²) >= 11 is 0. The third-order valence-electron chi connectivity index (χ3n) is 5.45. The Labute approximate surface area is 179 Å². The number of rotatable bonds is 6. The Balaban J connectivity index is 1.89. The maximum absolute atomic E-state index is 13.5. The summed E-state index contributed by atoms with van der Waals surface area (Å²) in [4.78, 5) is 29.8. The quantitative estimate of drug-likeness (QED) is 0.787. The molecule has 2 heterocycles. The van der Waals surface area contributed by atoms with Gasteiger partial charge in [-0.15, -0.1) is 0 Å². The van der Waals surface area contributed by atoms with Gasteiger partial charge in [-0.25, -0.2) is 4.79 Å². The van der Waals surface area contributed by atoms with E-state index in [0.29, 0.717) is 13.1 Å². The minimum Gasteiger partial charge on any atom is -0.348 e. The number of benzene rings is 1. The van der Waals surface area contributed by atoms with Crippen molar-refractivity contribution in [1.82, 2.24) is 19.7 Å². The van der Waals surface area contributed by atoms with Gasteiger partial charge in [-0.3, -0.25) is 4.79 Å². The minimum atomic E-state index is -0.181. The fourth-order valence-corrected chi connectivity index (χ4v) is 4.13. The number of hydrogen-bond donors (Lipinski definition) is 1. The molecule has 6 nitrogen and oxygen atoms in total. The van der Waals surface area contributed by atoms with Gasteiger partial charge in [0.2, 0.25) is 5.91 Å². The SMILES string of the molecule is Cc1ccccc1[C@@H]1c2cccn2CCN1C(=O)CN(CC(C)C)C(=O)NC(C)C. The second-order valence-corrected chi connectivity index (χ2v) is 8.85. The van der Waals surface area contributed by atoms with Crippen LogP contribution in [0.2, 0.25) is 0 Å². The fourth-order valence-electron chi connectivity index (χ4n) is 4.13. The molecule has 0 aliphatic carbocycles. The predicted octanol–water partition coefficient (Wildman–Crippen LogP) is 3.80. The molecule has 3 amide bonds. The van der Waals surface area contributed by atoms with Crippen molar-refractivity contribution in [2.75, 3.05) is 19.6 Å². The van der Waals surface area contributed by atoms with Crippen LogP contribution in [0.5, 0.6) is 0 Å². The molecule has 1 aliphatic heterocycles. The third kappa shape index (κ3) is 4.86. The lowest BCUT2D eigenvalue weighted by Gasteiger charge is -2.39. The van der Waals surface area contributed by atoms with Gasteiger partial charge in [0.25, 0.3) is 0 Å². The van der Waals surface area contributed by atoms with Crippen molar-refractivity contribution in [2.45, 2.75) is 53.2 Å². The Morgan fingerprint density at radius 1 is 1.10 bits per heavy atom. The van der Waals surface area contributed by atoms with Gasteiger partial charge in [0.1, 0.15) is 6.54 Å². The second-order valence-electron chi connectivity index (χ2n) is 8.85. The summed E-state index contributed by atoms with van der Waals surface area (Å²) in [5, 5.41) is 2.93. The normalized spacial score (nSPS) is 16.0. The van der Waals surface area contributed by atoms with Gasteiger partial charge in [0.15, 0.2) is 0 Å². The molecule has 1 aromatic carbocycles. The summed E-state index contributed by atoms with van der Waals surface area (Å²) in [6.07, 6.45) is 2.07. The number of carbonyl (C=O) groups excluding carboxylic acids is 2. The fraction of sp³-hybridized carbons (Fsp3) is 0.500. The molecule has 30 heavy (non-hydrogen) atoms. The first-order valence-corrected chi connectivity index (χ1v) is 10.8. The van der Waals surface area contributed by atoms with Crippen LogP contribution >= 0.6 is 0 Å². The highest BCUT2D eigenvalue weighted by Crippen LogP contribution is 2.34. The molecule has 1 aromatic heterocycles. The van der Waals surface area contributed by atoms with Crippen molar-refractivity contribution >= 4 is 11.9 Å². The molecule has 0 fully saturated rings. The Kier molecular flexibility index (Phi) is 6.85. The maximum Gasteiger partial charge on any atom is 0.318 e. The van der Waals surface area contributed by atoms with Gasteiger partial charge in [-0.05, 0) is 49.9 Å². The highest BCUT2D eigenvalue weighted by Gasteiger charge is 2.34. The van der Waals surface area contributed by atoms with Gasteiger partial charge in [-0.2, -0.15) is 0 Å². The van der Waals surface area contributed by atoms with Crippen molar-refractivity contribution in [1.29, 1.82) is 0 Å². The molecule has 6 heteroatoms. The highest BCUT2D eigenvalue weighted by atomic mass is 16.2. The van der Waals surface area contributed by atoms with Gasteiger partial charge in [0.05, 0.1) is 6.04 Å². The van der Waals surface area contributed by atoms with Gasteiger partial charge < -0.3 is 19.7 Å². The number of urea groups is 1. The topological polar surface area (TPSA) is 57.6 Å². The molecule has 1 aliphatic rings. The zero-order chi connectivity index (χ0) is 21.8. The Bertz CT molecular complexity index is 887. The number of aromatic nitrogens is 1. The molecular weight excluding hydrogens is 376 g/mol. The number of nitrogens with zero attached hydrogens (tertiary/aromatic N) is 3. The largest absolute Gasteiger partial charge is 0.348 e. The van der Waals surface area contributed by atoms with E-state index in [1.807, 2.05) is 36.9 Å². The van der Waals surface area contributed by atoms with E-state index in [1.54, 1.807) is 4.90 Å². The second kappa shape index (κ2) is 9.37. The molecule has 162 valence electrons. The van der Waals surface area contributed by atoms with Crippen LogP contribution in [0.1, 0.15) is 50.6 Å². The number of amides is 3. The molecular formula is C24H34N4O2. The lowest BCUT2D eigenvalue weighted by Crippen LogP contribution is -2.51. The molecule has 0 unspecified atom stereocenters. The van der Waals surface area contributed by atoms with Crippen LogP contribution in [-0.2, 0) is 11.3 Å². The monoisotopic (exact) mass is 410 g/mol. The summed E-state index contributed by atoms with van der Waals surface area (Å²) in [5.41, 5.74) is 3.41. The van der Waals surface area contributed by atoms with E-state index < -0.39 is 0 Å². The lowest BCUT2D eigenvalue weighted by molar-refractivity contribution is -0.134. The van der Waals surface area contributed by atoms with Crippen molar-refractivity contribution in [3.63, 3.8) is 0 Å². The van der Waals surface area contributed by atoms with E-state index in [-0.39, 0.29) is 36.5 Å². The van der Waals surface area contributed by atoms with Crippen molar-refractivity contribution in [2.24, 2.45) is 5.92 Å². The van der Waals surface area contributed by atoms with Crippen LogP contribution in [0.3, 0.4) is 0 Å². The van der Waals surface area contributed by atoms with Crippen molar-refractivity contribution in [3.8, 4) is 0 Å². The average molecular weight is 411 g/mol. The molecule has 1 atom stereocenters. The van der Waals surface area contributed by atoms with Crippen LogP contribution in [-0.4, -0.2) is 52.0 Å². The zero-order valence-electron chi connectivity index (χ0n) is 18.8. The molecule has 0 saturated heterocycles. The van der Waals surface area contributed by atoms with E-state index in [0.717, 1.165) is 23.4 Å². The molecule has 2 aromatic rings. The summed E-state index contributed by atoms with van der Waals surface area (Å²) < 4.78 is 2.22. The molecule has 3 rings (SSSR count). The zero-order valence-corrected chi connectivity index (χ0v) is 18.8. The van der Waals surface area contributed by atoms with E-state index in [9.17, 15) is 9.59 Å². The van der Waals surface area contributed by atoms with Crippen LogP contribution < -0.4 is 5.32 Å². The average Bonchev–Trinajstić information content (AvgIpc) is 3.15. The molecule has 1 N–H and O–H groups in total. The van der Waals surface area contributed by atoms with Gasteiger partial charge in [-0.1, -0.05) is 38.1 Å². The smallest absolute Gasteiger partial charge is 0.318 e. The lowest BCUT2D eigenvalue weighted by atomic mass is 9.95. The number of hydrogen-bond acceptors (Lipinski definition) is 2. The highest BCUT2D eigenvalue weighted by molar-refractivity contribution is 5.85. The first-order chi connectivity index (χ1) is 14.3. The van der Waals surface area contributed by atoms with E-state index in [1.165, 1.54) is 0 Å². The Hall–Kier alpha value is -2.76. The summed E-state index contributed by atoms with van der Waals surface area (Å²) in [6.45, 7) is 12.1. The molecule has 0 saturated carbocycles. The first-order valence-electron chi connectivity index (χ1n) is 10.8. The van der Waals surface area contributed by atoms with Gasteiger partial charge in [0, 0.05) is 37.6 Å². The third-order valence-corrected chi connectivity index (χ3v) is 5.45. The van der Waals surface area contributed by atoms with Crippen molar-refractivity contribution in [3.05, 3.63) is 59.4 Å². The number of nitrogens with one attached hydrogen (secondary N) is 1. The number of aryl methyl sites for hydroxylation is 1. The maximum atomic E-state index is 13.5. The van der Waals surface area contributed by atoms with Gasteiger partial charge >= 0.3 is 6.03 Å².